The number of nitriles is 1. The van der Waals surface area contributed by atoms with E-state index in [9.17, 15) is 5.26 Å². The van der Waals surface area contributed by atoms with Gasteiger partial charge in [-0.1, -0.05) is 12.1 Å². The van der Waals surface area contributed by atoms with E-state index in [0.29, 0.717) is 46.9 Å². The first-order valence-corrected chi connectivity index (χ1v) is 12.3. The lowest BCUT2D eigenvalue weighted by Crippen LogP contribution is -2.32. The average Bonchev–Trinajstić information content (AvgIpc) is 2.94. The number of ether oxygens (including phenoxy) is 3. The molecule has 0 bridgehead atoms. The zero-order chi connectivity index (χ0) is 25.6. The van der Waals surface area contributed by atoms with Crippen molar-refractivity contribution in [2.45, 2.75) is 12.8 Å². The maximum atomic E-state index is 9.27. The Morgan fingerprint density at radius 2 is 1.78 bits per heavy atom. The molecule has 3 aromatic carbocycles. The van der Waals surface area contributed by atoms with Gasteiger partial charge in [0.25, 0.3) is 0 Å². The Hall–Kier alpha value is -4.35. The molecule has 0 amide bonds. The van der Waals surface area contributed by atoms with E-state index in [4.69, 9.17) is 14.2 Å². The summed E-state index contributed by atoms with van der Waals surface area (Å²) >= 11 is 0. The third kappa shape index (κ3) is 5.74. The number of aromatic nitrogens is 2. The Labute approximate surface area is 216 Å². The first-order chi connectivity index (χ1) is 18.1. The van der Waals surface area contributed by atoms with E-state index in [0.717, 1.165) is 42.5 Å². The van der Waals surface area contributed by atoms with E-state index >= 15 is 0 Å². The van der Waals surface area contributed by atoms with Crippen molar-refractivity contribution in [3.63, 3.8) is 0 Å². The Balaban J connectivity index is 1.31. The quantitative estimate of drug-likeness (QED) is 0.330. The zero-order valence-corrected chi connectivity index (χ0v) is 21.0. The van der Waals surface area contributed by atoms with Gasteiger partial charge in [-0.05, 0) is 81.4 Å². The van der Waals surface area contributed by atoms with E-state index in [1.54, 1.807) is 19.2 Å². The van der Waals surface area contributed by atoms with Gasteiger partial charge in [-0.3, -0.25) is 0 Å². The highest BCUT2D eigenvalue weighted by atomic mass is 16.5. The maximum Gasteiger partial charge on any atom is 0.163 e. The van der Waals surface area contributed by atoms with Crippen LogP contribution in [0.5, 0.6) is 23.0 Å². The number of hydrogen-bond donors (Lipinski definition) is 1. The lowest BCUT2D eigenvalue weighted by atomic mass is 9.98. The van der Waals surface area contributed by atoms with Crippen molar-refractivity contribution in [2.75, 3.05) is 39.2 Å². The van der Waals surface area contributed by atoms with Crippen LogP contribution in [-0.4, -0.2) is 48.7 Å². The number of benzene rings is 3. The van der Waals surface area contributed by atoms with Gasteiger partial charge in [-0.2, -0.15) is 5.26 Å². The number of methoxy groups -OCH3 is 1. The fourth-order valence-corrected chi connectivity index (χ4v) is 4.39. The van der Waals surface area contributed by atoms with Gasteiger partial charge in [-0.25, -0.2) is 9.97 Å². The van der Waals surface area contributed by atoms with E-state index in [2.05, 4.69) is 33.3 Å². The summed E-state index contributed by atoms with van der Waals surface area (Å²) in [5, 5.41) is 13.5. The predicted octanol–water partition coefficient (Wildman–Crippen LogP) is 5.77. The van der Waals surface area contributed by atoms with Crippen LogP contribution in [0, 0.1) is 17.2 Å². The van der Waals surface area contributed by atoms with Gasteiger partial charge in [0.2, 0.25) is 0 Å². The molecular weight excluding hydrogens is 466 g/mol. The molecule has 0 saturated carbocycles. The number of nitrogens with one attached hydrogen (secondary N) is 1. The number of fused-ring (bicyclic) bond motifs is 1. The summed E-state index contributed by atoms with van der Waals surface area (Å²) < 4.78 is 17.7. The molecule has 8 nitrogen and oxygen atoms in total. The number of anilines is 2. The van der Waals surface area contributed by atoms with Gasteiger partial charge < -0.3 is 24.4 Å². The van der Waals surface area contributed by atoms with Crippen LogP contribution >= 0.6 is 0 Å². The highest BCUT2D eigenvalue weighted by molar-refractivity contribution is 5.93. The summed E-state index contributed by atoms with van der Waals surface area (Å²) in [5.41, 5.74) is 2.09. The molecule has 1 aliphatic rings. The number of piperidine rings is 1. The molecule has 0 aliphatic carbocycles. The molecule has 2 heterocycles. The lowest BCUT2D eigenvalue weighted by molar-refractivity contribution is 0.157. The van der Waals surface area contributed by atoms with Crippen molar-refractivity contribution in [2.24, 2.45) is 5.92 Å². The van der Waals surface area contributed by atoms with Crippen LogP contribution in [0.1, 0.15) is 18.4 Å². The minimum absolute atomic E-state index is 0.487. The SMILES string of the molecule is COc1cc2c(Nc3ccc(Oc4ccccc4C#N)cc3)ncnc2cc1OCC1CCN(C)CC1. The molecule has 188 valence electrons. The molecule has 1 fully saturated rings. The second-order valence-electron chi connectivity index (χ2n) is 9.16. The predicted molar refractivity (Wildman–Crippen MR) is 143 cm³/mol. The number of nitrogens with zero attached hydrogens (tertiary/aromatic N) is 4. The Bertz CT molecular complexity index is 1410. The van der Waals surface area contributed by atoms with Crippen LogP contribution in [0.4, 0.5) is 11.5 Å². The topological polar surface area (TPSA) is 92.5 Å². The molecule has 1 N–H and O–H groups in total. The number of hydrogen-bond acceptors (Lipinski definition) is 8. The molecule has 1 aromatic heterocycles. The summed E-state index contributed by atoms with van der Waals surface area (Å²) in [6.07, 6.45) is 3.81. The van der Waals surface area contributed by atoms with Crippen molar-refractivity contribution < 1.29 is 14.2 Å². The molecule has 8 heteroatoms. The van der Waals surface area contributed by atoms with Crippen LogP contribution in [-0.2, 0) is 0 Å². The first kappa shape index (κ1) is 24.3. The van der Waals surface area contributed by atoms with E-state index in [1.807, 2.05) is 48.5 Å². The Morgan fingerprint density at radius 1 is 1.00 bits per heavy atom. The summed E-state index contributed by atoms with van der Waals surface area (Å²) in [4.78, 5) is 11.3. The fraction of sp³-hybridized carbons (Fsp3) is 0.276. The average molecular weight is 496 g/mol. The lowest BCUT2D eigenvalue weighted by Gasteiger charge is -2.28. The van der Waals surface area contributed by atoms with Crippen molar-refractivity contribution in [3.05, 3.63) is 72.6 Å². The van der Waals surface area contributed by atoms with Crippen LogP contribution in [0.15, 0.2) is 67.0 Å². The van der Waals surface area contributed by atoms with E-state index in [-0.39, 0.29) is 0 Å². The molecule has 0 spiro atoms. The number of para-hydroxylation sites is 1. The standard InChI is InChI=1S/C29H29N5O3/c1-34-13-11-20(12-14-34)18-36-28-16-25-24(15-27(28)35-2)29(32-19-31-25)33-22-7-9-23(10-8-22)37-26-6-4-3-5-21(26)17-30/h3-10,15-16,19-20H,11-14,18H2,1-2H3,(H,31,32,33). The van der Waals surface area contributed by atoms with Crippen molar-refractivity contribution in [1.29, 1.82) is 5.26 Å². The molecule has 5 rings (SSSR count). The van der Waals surface area contributed by atoms with Crippen LogP contribution < -0.4 is 19.5 Å². The smallest absolute Gasteiger partial charge is 0.163 e. The van der Waals surface area contributed by atoms with Gasteiger partial charge >= 0.3 is 0 Å². The minimum Gasteiger partial charge on any atom is -0.493 e. The summed E-state index contributed by atoms with van der Waals surface area (Å²) in [7, 11) is 3.80. The Kier molecular flexibility index (Phi) is 7.33. The molecule has 0 unspecified atom stereocenters. The molecular formula is C29H29N5O3. The van der Waals surface area contributed by atoms with Crippen LogP contribution in [0.25, 0.3) is 10.9 Å². The second-order valence-corrected chi connectivity index (χ2v) is 9.16. The molecule has 1 saturated heterocycles. The third-order valence-electron chi connectivity index (χ3n) is 6.59. The van der Waals surface area contributed by atoms with Gasteiger partial charge in [-0.15, -0.1) is 0 Å². The highest BCUT2D eigenvalue weighted by Gasteiger charge is 2.19. The van der Waals surface area contributed by atoms with Crippen molar-refractivity contribution in [3.8, 4) is 29.1 Å². The monoisotopic (exact) mass is 495 g/mol. The van der Waals surface area contributed by atoms with Crippen molar-refractivity contribution in [1.82, 2.24) is 14.9 Å². The molecule has 0 atom stereocenters. The highest BCUT2D eigenvalue weighted by Crippen LogP contribution is 2.36. The molecule has 0 radical (unpaired) electrons. The maximum absolute atomic E-state index is 9.27. The Morgan fingerprint density at radius 3 is 2.54 bits per heavy atom. The fourth-order valence-electron chi connectivity index (χ4n) is 4.39. The molecule has 1 aliphatic heterocycles. The zero-order valence-electron chi connectivity index (χ0n) is 21.0. The van der Waals surface area contributed by atoms with Crippen LogP contribution in [0.2, 0.25) is 0 Å². The van der Waals surface area contributed by atoms with Crippen molar-refractivity contribution >= 4 is 22.4 Å². The minimum atomic E-state index is 0.487. The normalized spacial score (nSPS) is 14.2. The van der Waals surface area contributed by atoms with E-state index < -0.39 is 0 Å². The molecule has 4 aromatic rings. The third-order valence-corrected chi connectivity index (χ3v) is 6.59. The summed E-state index contributed by atoms with van der Waals surface area (Å²) in [5.74, 6) is 3.70. The molecule has 37 heavy (non-hydrogen) atoms. The number of rotatable bonds is 8. The largest absolute Gasteiger partial charge is 0.493 e. The van der Waals surface area contributed by atoms with Gasteiger partial charge in [0.1, 0.15) is 29.7 Å². The summed E-state index contributed by atoms with van der Waals surface area (Å²) in [6.45, 7) is 2.87. The van der Waals surface area contributed by atoms with Crippen LogP contribution in [0.3, 0.4) is 0 Å². The number of likely N-dealkylation sites (tertiary alicyclic amines) is 1. The van der Waals surface area contributed by atoms with Gasteiger partial charge in [0.15, 0.2) is 11.5 Å². The van der Waals surface area contributed by atoms with Gasteiger partial charge in [0.05, 0.1) is 24.8 Å². The van der Waals surface area contributed by atoms with E-state index in [1.165, 1.54) is 6.33 Å². The second kappa shape index (κ2) is 11.1. The van der Waals surface area contributed by atoms with Gasteiger partial charge in [0, 0.05) is 17.1 Å². The first-order valence-electron chi connectivity index (χ1n) is 12.3. The summed E-state index contributed by atoms with van der Waals surface area (Å²) in [6, 6.07) is 20.6.